The zero-order chi connectivity index (χ0) is 12.2. The Labute approximate surface area is 118 Å². The molecule has 0 saturated carbocycles. The van der Waals surface area contributed by atoms with E-state index in [1.54, 1.807) is 0 Å². The summed E-state index contributed by atoms with van der Waals surface area (Å²) in [5, 5.41) is 8.74. The second-order valence-corrected chi connectivity index (χ2v) is 6.25. The van der Waals surface area contributed by atoms with E-state index in [0.717, 1.165) is 40.8 Å². The van der Waals surface area contributed by atoms with Crippen LogP contribution in [0.15, 0.2) is 0 Å². The molecule has 0 fully saturated rings. The van der Waals surface area contributed by atoms with Crippen LogP contribution in [0.4, 0.5) is 0 Å². The zero-order valence-corrected chi connectivity index (χ0v) is 13.0. The molecule has 0 aliphatic rings. The van der Waals surface area contributed by atoms with Crippen LogP contribution in [0.3, 0.4) is 0 Å². The van der Waals surface area contributed by atoms with Crippen LogP contribution >= 0.6 is 0 Å². The van der Waals surface area contributed by atoms with Crippen molar-refractivity contribution in [3.8, 4) is 0 Å². The molecule has 3 heteroatoms. The fraction of sp³-hybridized carbons (Fsp3) is 0.923. The van der Waals surface area contributed by atoms with Gasteiger partial charge in [0.05, 0.1) is 0 Å². The molecule has 0 amide bonds. The number of carbonyl (C=O) groups is 1. The van der Waals surface area contributed by atoms with Crippen LogP contribution in [0.25, 0.3) is 0 Å². The van der Waals surface area contributed by atoms with Crippen molar-refractivity contribution in [3.05, 3.63) is 0 Å². The first kappa shape index (κ1) is 16.5. The van der Waals surface area contributed by atoms with Crippen molar-refractivity contribution in [2.45, 2.75) is 74.3 Å². The summed E-state index contributed by atoms with van der Waals surface area (Å²) in [6.07, 6.45) is 12.7. The summed E-state index contributed by atoms with van der Waals surface area (Å²) >= 11 is 0.795. The van der Waals surface area contributed by atoms with E-state index < -0.39 is 5.97 Å². The van der Waals surface area contributed by atoms with E-state index in [9.17, 15) is 4.79 Å². The van der Waals surface area contributed by atoms with Gasteiger partial charge < -0.3 is 0 Å². The van der Waals surface area contributed by atoms with E-state index in [1.807, 2.05) is 0 Å². The van der Waals surface area contributed by atoms with E-state index in [1.165, 1.54) is 51.4 Å². The number of carboxylic acid groups (broad SMARTS) is 1. The van der Waals surface area contributed by atoms with E-state index in [2.05, 4.69) is 6.92 Å². The summed E-state index contributed by atoms with van der Waals surface area (Å²) < 4.78 is -0.0236. The molecule has 0 aromatic carbocycles. The molecule has 1 N–H and O–H groups in total. The Morgan fingerprint density at radius 3 is 1.88 bits per heavy atom. The first-order valence-electron chi connectivity index (χ1n) is 6.91. The molecular formula is C13H25NaO2. The predicted molar refractivity (Wildman–Crippen MR) is 69.0 cm³/mol. The molecule has 0 rings (SSSR count). The molecule has 90 valence electrons. The van der Waals surface area contributed by atoms with E-state index >= 15 is 0 Å². The van der Waals surface area contributed by atoms with Gasteiger partial charge in [0.25, 0.3) is 0 Å². The maximum atomic E-state index is 10.6. The predicted octanol–water partition coefficient (Wildman–Crippen LogP) is 3.95. The summed E-state index contributed by atoms with van der Waals surface area (Å²) in [6, 6.07) is 0. The fourth-order valence-corrected chi connectivity index (χ4v) is 2.29. The van der Waals surface area contributed by atoms with Gasteiger partial charge in [0.2, 0.25) is 0 Å². The summed E-state index contributed by atoms with van der Waals surface area (Å²) in [4.78, 5) is 10.6. The number of unbranched alkanes of at least 4 members (excludes halogenated alkanes) is 8. The van der Waals surface area contributed by atoms with Crippen LogP contribution in [0.2, 0.25) is 3.17 Å². The Balaban J connectivity index is 3.07. The van der Waals surface area contributed by atoms with Crippen LogP contribution in [-0.4, -0.2) is 39.0 Å². The first-order chi connectivity index (χ1) is 7.68. The van der Waals surface area contributed by atoms with E-state index in [0.29, 0.717) is 0 Å². The molecule has 0 aliphatic heterocycles. The maximum absolute atomic E-state index is 10.6. The van der Waals surface area contributed by atoms with Crippen molar-refractivity contribution >= 4 is 33.9 Å². The summed E-state index contributed by atoms with van der Waals surface area (Å²) in [5.74, 6) is -0.591. The van der Waals surface area contributed by atoms with Gasteiger partial charge >= 0.3 is 118 Å². The van der Waals surface area contributed by atoms with Crippen LogP contribution < -0.4 is 0 Å². The first-order valence-corrected chi connectivity index (χ1v) is 8.06. The van der Waals surface area contributed by atoms with E-state index in [-0.39, 0.29) is 3.17 Å². The van der Waals surface area contributed by atoms with Gasteiger partial charge in [0.15, 0.2) is 0 Å². The van der Waals surface area contributed by atoms with Gasteiger partial charge in [0, 0.05) is 0 Å². The number of carboxylic acids is 1. The third-order valence-electron chi connectivity index (χ3n) is 3.16. The molecule has 0 spiro atoms. The molecule has 0 radical (unpaired) electrons. The monoisotopic (exact) mass is 236 g/mol. The molecule has 0 aromatic rings. The van der Waals surface area contributed by atoms with Crippen molar-refractivity contribution < 1.29 is 9.90 Å². The second kappa shape index (κ2) is 11.9. The number of hydrogen-bond donors (Lipinski definition) is 1. The Hall–Kier alpha value is 0.470. The Bertz CT molecular complexity index is 171. The van der Waals surface area contributed by atoms with Gasteiger partial charge in [-0.3, -0.25) is 0 Å². The normalized spacial score (nSPS) is 12.7. The van der Waals surface area contributed by atoms with Crippen LogP contribution in [-0.2, 0) is 4.79 Å². The van der Waals surface area contributed by atoms with Gasteiger partial charge in [-0.25, -0.2) is 0 Å². The molecule has 1 atom stereocenters. The average molecular weight is 236 g/mol. The Kier molecular flexibility index (Phi) is 12.3. The molecule has 0 saturated heterocycles. The number of rotatable bonds is 11. The van der Waals surface area contributed by atoms with Gasteiger partial charge in [-0.05, 0) is 0 Å². The molecule has 0 bridgehead atoms. The average Bonchev–Trinajstić information content (AvgIpc) is 2.26. The van der Waals surface area contributed by atoms with Crippen LogP contribution in [0.5, 0.6) is 0 Å². The van der Waals surface area contributed by atoms with Crippen LogP contribution in [0.1, 0.15) is 71.1 Å². The topological polar surface area (TPSA) is 37.3 Å². The van der Waals surface area contributed by atoms with Gasteiger partial charge in [0.1, 0.15) is 0 Å². The second-order valence-electron chi connectivity index (χ2n) is 4.86. The van der Waals surface area contributed by atoms with Gasteiger partial charge in [-0.15, -0.1) is 0 Å². The summed E-state index contributed by atoms with van der Waals surface area (Å²) in [6.45, 7) is 2.24. The van der Waals surface area contributed by atoms with Crippen molar-refractivity contribution in [2.75, 3.05) is 0 Å². The molecule has 16 heavy (non-hydrogen) atoms. The van der Waals surface area contributed by atoms with Crippen molar-refractivity contribution in [1.82, 2.24) is 0 Å². The third kappa shape index (κ3) is 11.0. The van der Waals surface area contributed by atoms with Gasteiger partial charge in [-0.2, -0.15) is 0 Å². The van der Waals surface area contributed by atoms with Crippen LogP contribution in [0, 0.1) is 0 Å². The molecule has 1 unspecified atom stereocenters. The standard InChI is InChI=1S/C13H25O2.Na/c1-2-3-4-5-6-7-8-9-10-11-12-13(14)15;/h12H,2-11H2,1H3,(H,14,15);. The van der Waals surface area contributed by atoms with Crippen molar-refractivity contribution in [1.29, 1.82) is 0 Å². The van der Waals surface area contributed by atoms with E-state index in [4.69, 9.17) is 5.11 Å². The zero-order valence-electron chi connectivity index (χ0n) is 11.0. The SMILES string of the molecule is CCCCCCCCCCC[CH]([Na])C(=O)O. The summed E-state index contributed by atoms with van der Waals surface area (Å²) in [5.41, 5.74) is 0. The third-order valence-corrected chi connectivity index (χ3v) is 4.23. The minimum atomic E-state index is -0.591. The minimum absolute atomic E-state index is 0.0236. The fourth-order valence-electron chi connectivity index (χ4n) is 1.88. The van der Waals surface area contributed by atoms with Crippen molar-refractivity contribution in [2.24, 2.45) is 0 Å². The molecule has 0 aromatic heterocycles. The molecule has 0 aliphatic carbocycles. The summed E-state index contributed by atoms with van der Waals surface area (Å²) in [7, 11) is 0. The Morgan fingerprint density at radius 2 is 1.44 bits per heavy atom. The van der Waals surface area contributed by atoms with Gasteiger partial charge in [-0.1, -0.05) is 0 Å². The number of aliphatic carboxylic acids is 1. The van der Waals surface area contributed by atoms with Crippen molar-refractivity contribution in [3.63, 3.8) is 0 Å². The molecular weight excluding hydrogens is 211 g/mol. The molecule has 0 heterocycles. The molecule has 2 nitrogen and oxygen atoms in total. The Morgan fingerprint density at radius 1 is 1.00 bits per heavy atom. The quantitative estimate of drug-likeness (QED) is 0.435. The number of hydrogen-bond acceptors (Lipinski definition) is 1.